The quantitative estimate of drug-likeness (QED) is 0.411. The normalized spacial score (nSPS) is 12.0. The van der Waals surface area contributed by atoms with Gasteiger partial charge < -0.3 is 14.3 Å². The van der Waals surface area contributed by atoms with E-state index in [-0.39, 0.29) is 17.1 Å². The number of ether oxygens (including phenoxy) is 1. The van der Waals surface area contributed by atoms with E-state index in [4.69, 9.17) is 4.74 Å². The van der Waals surface area contributed by atoms with E-state index in [9.17, 15) is 17.6 Å². The van der Waals surface area contributed by atoms with Gasteiger partial charge >= 0.3 is 0 Å². The molecule has 0 radical (unpaired) electrons. The number of aromatic nitrogens is 3. The van der Waals surface area contributed by atoms with Gasteiger partial charge in [-0.3, -0.25) is 4.79 Å². The Hall–Kier alpha value is -3.85. The van der Waals surface area contributed by atoms with Crippen LogP contribution in [0, 0.1) is 5.82 Å². The maximum atomic E-state index is 14.4. The predicted molar refractivity (Wildman–Crippen MR) is 126 cm³/mol. The number of hydrogen-bond donors (Lipinski definition) is 1. The van der Waals surface area contributed by atoms with Crippen LogP contribution in [0.4, 0.5) is 4.39 Å². The number of halogens is 1. The standard InChI is InChI=1S/C24H20FN3O4S/c1-3-33(30,31)28-11-9-15-12-22(32-21-7-5-4-6-19(21)25)17(13-20(15)28)18-14-27(2)24(29)23-16(18)8-10-26-23/h4-14,26H,3H2,1-2H3. The number of para-hydroxylation sites is 1. The van der Waals surface area contributed by atoms with Gasteiger partial charge in [-0.25, -0.2) is 16.8 Å². The van der Waals surface area contributed by atoms with Gasteiger partial charge in [0, 0.05) is 47.5 Å². The lowest BCUT2D eigenvalue weighted by molar-refractivity contribution is 0.444. The lowest BCUT2D eigenvalue weighted by Gasteiger charge is -2.15. The second-order valence-electron chi connectivity index (χ2n) is 7.68. The summed E-state index contributed by atoms with van der Waals surface area (Å²) < 4.78 is 48.3. The van der Waals surface area contributed by atoms with Crippen LogP contribution in [0.1, 0.15) is 6.92 Å². The molecule has 3 heterocycles. The smallest absolute Gasteiger partial charge is 0.274 e. The van der Waals surface area contributed by atoms with Crippen LogP contribution in [0.2, 0.25) is 0 Å². The van der Waals surface area contributed by atoms with Gasteiger partial charge in [-0.1, -0.05) is 12.1 Å². The second kappa shape index (κ2) is 7.63. The Morgan fingerprint density at radius 3 is 2.61 bits per heavy atom. The third-order valence-electron chi connectivity index (χ3n) is 5.66. The molecule has 0 saturated carbocycles. The molecule has 9 heteroatoms. The molecule has 0 saturated heterocycles. The van der Waals surface area contributed by atoms with Gasteiger partial charge in [-0.05, 0) is 43.3 Å². The summed E-state index contributed by atoms with van der Waals surface area (Å²) in [6.45, 7) is 1.58. The largest absolute Gasteiger partial charge is 0.454 e. The zero-order valence-electron chi connectivity index (χ0n) is 17.9. The van der Waals surface area contributed by atoms with Crippen LogP contribution < -0.4 is 10.3 Å². The van der Waals surface area contributed by atoms with E-state index in [1.54, 1.807) is 62.8 Å². The number of aryl methyl sites for hydroxylation is 1. The molecule has 7 nitrogen and oxygen atoms in total. The number of H-pyrrole nitrogens is 1. The molecule has 2 aromatic carbocycles. The van der Waals surface area contributed by atoms with Gasteiger partial charge in [0.05, 0.1) is 11.3 Å². The van der Waals surface area contributed by atoms with Crippen molar-refractivity contribution in [1.29, 1.82) is 0 Å². The highest BCUT2D eigenvalue weighted by atomic mass is 32.2. The van der Waals surface area contributed by atoms with Crippen molar-refractivity contribution in [3.8, 4) is 22.6 Å². The Balaban J connectivity index is 1.85. The van der Waals surface area contributed by atoms with E-state index in [0.29, 0.717) is 38.7 Å². The zero-order valence-corrected chi connectivity index (χ0v) is 18.7. The minimum atomic E-state index is -3.55. The molecular formula is C24H20FN3O4S. The van der Waals surface area contributed by atoms with Crippen molar-refractivity contribution in [3.05, 3.63) is 83.3 Å². The number of fused-ring (bicyclic) bond motifs is 2. The van der Waals surface area contributed by atoms with Crippen LogP contribution in [0.3, 0.4) is 0 Å². The maximum absolute atomic E-state index is 14.4. The number of rotatable bonds is 5. The first-order valence-corrected chi connectivity index (χ1v) is 11.9. The Bertz CT molecular complexity index is 1700. The monoisotopic (exact) mass is 465 g/mol. The van der Waals surface area contributed by atoms with Gasteiger partial charge in [0.15, 0.2) is 11.6 Å². The maximum Gasteiger partial charge on any atom is 0.274 e. The van der Waals surface area contributed by atoms with E-state index in [1.807, 2.05) is 0 Å². The minimum absolute atomic E-state index is 0.0360. The fraction of sp³-hybridized carbons (Fsp3) is 0.125. The summed E-state index contributed by atoms with van der Waals surface area (Å²) in [5.74, 6) is -0.224. The van der Waals surface area contributed by atoms with Gasteiger partial charge in [0.2, 0.25) is 10.0 Å². The van der Waals surface area contributed by atoms with Crippen molar-refractivity contribution in [2.24, 2.45) is 7.05 Å². The fourth-order valence-corrected chi connectivity index (χ4v) is 4.93. The number of benzene rings is 2. The van der Waals surface area contributed by atoms with Crippen molar-refractivity contribution in [2.45, 2.75) is 6.92 Å². The first-order chi connectivity index (χ1) is 15.8. The van der Waals surface area contributed by atoms with Crippen molar-refractivity contribution in [3.63, 3.8) is 0 Å². The summed E-state index contributed by atoms with van der Waals surface area (Å²) in [6.07, 6.45) is 4.82. The third-order valence-corrected chi connectivity index (χ3v) is 7.31. The molecule has 0 aliphatic carbocycles. The molecule has 0 aliphatic heterocycles. The van der Waals surface area contributed by atoms with Crippen LogP contribution in [0.5, 0.6) is 11.5 Å². The summed E-state index contributed by atoms with van der Waals surface area (Å²) in [4.78, 5) is 15.5. The van der Waals surface area contributed by atoms with Crippen LogP contribution in [0.25, 0.3) is 32.9 Å². The number of nitrogens with zero attached hydrogens (tertiary/aromatic N) is 2. The Kier molecular flexibility index (Phi) is 4.86. The van der Waals surface area contributed by atoms with E-state index < -0.39 is 15.8 Å². The molecular weight excluding hydrogens is 445 g/mol. The zero-order chi connectivity index (χ0) is 23.3. The predicted octanol–water partition coefficient (Wildman–Crippen LogP) is 4.62. The number of pyridine rings is 1. The number of nitrogens with one attached hydrogen (secondary N) is 1. The molecule has 0 amide bonds. The average molecular weight is 466 g/mol. The molecule has 0 bridgehead atoms. The van der Waals surface area contributed by atoms with E-state index >= 15 is 0 Å². The Morgan fingerprint density at radius 1 is 1.06 bits per heavy atom. The summed E-state index contributed by atoms with van der Waals surface area (Å²) in [6, 6.07) is 12.9. The highest BCUT2D eigenvalue weighted by molar-refractivity contribution is 7.90. The Morgan fingerprint density at radius 2 is 1.85 bits per heavy atom. The lowest BCUT2D eigenvalue weighted by atomic mass is 10.0. The van der Waals surface area contributed by atoms with E-state index in [2.05, 4.69) is 4.98 Å². The lowest BCUT2D eigenvalue weighted by Crippen LogP contribution is -2.16. The second-order valence-corrected chi connectivity index (χ2v) is 9.81. The highest BCUT2D eigenvalue weighted by Gasteiger charge is 2.20. The van der Waals surface area contributed by atoms with E-state index in [0.717, 1.165) is 0 Å². The van der Waals surface area contributed by atoms with Crippen LogP contribution >= 0.6 is 0 Å². The summed E-state index contributed by atoms with van der Waals surface area (Å²) in [5.41, 5.74) is 1.84. The van der Waals surface area contributed by atoms with Gasteiger partial charge in [-0.15, -0.1) is 0 Å². The summed E-state index contributed by atoms with van der Waals surface area (Å²) >= 11 is 0. The van der Waals surface area contributed by atoms with Crippen LogP contribution in [-0.4, -0.2) is 27.7 Å². The van der Waals surface area contributed by atoms with Crippen molar-refractivity contribution >= 4 is 31.8 Å². The average Bonchev–Trinajstić information content (AvgIpc) is 3.45. The van der Waals surface area contributed by atoms with Crippen molar-refractivity contribution in [2.75, 3.05) is 5.75 Å². The summed E-state index contributed by atoms with van der Waals surface area (Å²) in [5, 5.41) is 1.27. The van der Waals surface area contributed by atoms with Crippen LogP contribution in [-0.2, 0) is 17.1 Å². The molecule has 1 N–H and O–H groups in total. The highest BCUT2D eigenvalue weighted by Crippen LogP contribution is 2.40. The molecule has 168 valence electrons. The first-order valence-electron chi connectivity index (χ1n) is 10.3. The SMILES string of the molecule is CCS(=O)(=O)n1ccc2cc(Oc3ccccc3F)c(-c3cn(C)c(=O)c4[nH]ccc34)cc21. The summed E-state index contributed by atoms with van der Waals surface area (Å²) in [7, 11) is -1.92. The molecule has 5 rings (SSSR count). The van der Waals surface area contributed by atoms with Gasteiger partial charge in [-0.2, -0.15) is 0 Å². The van der Waals surface area contributed by atoms with Gasteiger partial charge in [0.1, 0.15) is 11.3 Å². The fourth-order valence-electron chi connectivity index (χ4n) is 3.94. The van der Waals surface area contributed by atoms with Crippen molar-refractivity contribution in [1.82, 2.24) is 13.5 Å². The molecule has 5 aromatic rings. The molecule has 0 atom stereocenters. The number of hydrogen-bond acceptors (Lipinski definition) is 4. The molecule has 0 fully saturated rings. The molecule has 33 heavy (non-hydrogen) atoms. The molecule has 0 aliphatic rings. The topological polar surface area (TPSA) is 86.1 Å². The first kappa shape index (κ1) is 21.0. The Labute approximate surface area is 188 Å². The molecule has 0 spiro atoms. The van der Waals surface area contributed by atoms with E-state index in [1.165, 1.54) is 26.9 Å². The van der Waals surface area contributed by atoms with Crippen molar-refractivity contribution < 1.29 is 17.5 Å². The van der Waals surface area contributed by atoms with Gasteiger partial charge in [0.25, 0.3) is 5.56 Å². The van der Waals surface area contributed by atoms with Crippen LogP contribution in [0.15, 0.2) is 71.9 Å². The minimum Gasteiger partial charge on any atom is -0.454 e. The number of aromatic amines is 1. The molecule has 3 aromatic heterocycles. The third kappa shape index (κ3) is 3.41. The molecule has 0 unspecified atom stereocenters.